The molecular weight excluding hydrogens is 285 g/mol. The third-order valence-electron chi connectivity index (χ3n) is 3.79. The van der Waals surface area contributed by atoms with Crippen molar-refractivity contribution in [2.45, 2.75) is 45.1 Å². The van der Waals surface area contributed by atoms with Crippen LogP contribution in [0.4, 0.5) is 13.2 Å². The fourth-order valence-corrected chi connectivity index (χ4v) is 2.83. The minimum atomic E-state index is -4.43. The molecule has 2 unspecified atom stereocenters. The summed E-state index contributed by atoms with van der Waals surface area (Å²) in [6.45, 7) is 3.34. The first-order valence-electron chi connectivity index (χ1n) is 6.70. The third-order valence-corrected chi connectivity index (χ3v) is 3.79. The Morgan fingerprint density at radius 3 is 2.71 bits per heavy atom. The first-order valence-corrected chi connectivity index (χ1v) is 6.70. The minimum Gasteiger partial charge on any atom is -0.477 e. The summed E-state index contributed by atoms with van der Waals surface area (Å²) in [7, 11) is 0. The zero-order valence-electron chi connectivity index (χ0n) is 11.7. The second-order valence-electron chi connectivity index (χ2n) is 5.04. The summed E-state index contributed by atoms with van der Waals surface area (Å²) < 4.78 is 39.5. The van der Waals surface area contributed by atoms with Crippen LogP contribution in [0, 0.1) is 0 Å². The van der Waals surface area contributed by atoms with Crippen LogP contribution < -0.4 is 5.32 Å². The molecule has 0 aromatic heterocycles. The second kappa shape index (κ2) is 5.46. The number of aliphatic carboxylic acids is 1. The quantitative estimate of drug-likeness (QED) is 0.842. The van der Waals surface area contributed by atoms with Gasteiger partial charge < -0.3 is 15.3 Å². The molecule has 0 saturated heterocycles. The number of carboxylic acids is 1. The van der Waals surface area contributed by atoms with Crippen molar-refractivity contribution in [1.29, 1.82) is 0 Å². The Hall–Kier alpha value is -1.92. The molecule has 2 rings (SSSR count). The van der Waals surface area contributed by atoms with Gasteiger partial charge in [-0.2, -0.15) is 13.2 Å². The number of nitrogens with one attached hydrogen (secondary N) is 1. The summed E-state index contributed by atoms with van der Waals surface area (Å²) in [5.74, 6) is -1.16. The van der Waals surface area contributed by atoms with Crippen molar-refractivity contribution in [2.24, 2.45) is 0 Å². The summed E-state index contributed by atoms with van der Waals surface area (Å²) in [6.07, 6.45) is -0.0573. The maximum absolute atomic E-state index is 13.2. The van der Waals surface area contributed by atoms with Crippen molar-refractivity contribution < 1.29 is 23.1 Å². The van der Waals surface area contributed by atoms with Gasteiger partial charge in [-0.3, -0.25) is 0 Å². The van der Waals surface area contributed by atoms with Crippen LogP contribution in [0.15, 0.2) is 35.2 Å². The highest BCUT2D eigenvalue weighted by Crippen LogP contribution is 2.38. The summed E-state index contributed by atoms with van der Waals surface area (Å²) in [5.41, 5.74) is -0.334. The van der Waals surface area contributed by atoms with Crippen LogP contribution >= 0.6 is 0 Å². The minimum absolute atomic E-state index is 0.0297. The lowest BCUT2D eigenvalue weighted by Gasteiger charge is -2.38. The van der Waals surface area contributed by atoms with Crippen molar-refractivity contribution in [2.75, 3.05) is 0 Å². The van der Waals surface area contributed by atoms with Crippen LogP contribution in [0.2, 0.25) is 0 Å². The molecule has 1 aliphatic carbocycles. The smallest absolute Gasteiger partial charge is 0.414 e. The van der Waals surface area contributed by atoms with Crippen LogP contribution in [0.1, 0.15) is 26.7 Å². The number of hydrogen-bond donors (Lipinski definition) is 2. The van der Waals surface area contributed by atoms with Crippen LogP contribution in [0.5, 0.6) is 0 Å². The highest BCUT2D eigenvalue weighted by atomic mass is 19.4. The van der Waals surface area contributed by atoms with E-state index in [0.29, 0.717) is 12.1 Å². The Bertz CT molecular complexity index is 535. The van der Waals surface area contributed by atoms with E-state index >= 15 is 0 Å². The van der Waals surface area contributed by atoms with Gasteiger partial charge in [-0.05, 0) is 19.8 Å². The molecule has 0 radical (unpaired) electrons. The van der Waals surface area contributed by atoms with Crippen LogP contribution in [-0.2, 0) is 4.79 Å². The number of allylic oxidation sites excluding steroid dienone is 3. The molecule has 0 aromatic rings. The summed E-state index contributed by atoms with van der Waals surface area (Å²) in [5, 5.41) is 11.9. The molecule has 4 nitrogen and oxygen atoms in total. The van der Waals surface area contributed by atoms with Gasteiger partial charge in [0.25, 0.3) is 0 Å². The van der Waals surface area contributed by atoms with Gasteiger partial charge in [0.15, 0.2) is 0 Å². The lowest BCUT2D eigenvalue weighted by atomic mass is 9.95. The zero-order chi connectivity index (χ0) is 15.8. The predicted molar refractivity (Wildman–Crippen MR) is 71.1 cm³/mol. The normalized spacial score (nSPS) is 26.0. The topological polar surface area (TPSA) is 52.6 Å². The SMILES string of the molecule is CCC1NC(C(=O)O)=C(C)N1C1CC=CC=C1C(F)(F)F. The fourth-order valence-electron chi connectivity index (χ4n) is 2.83. The van der Waals surface area contributed by atoms with Gasteiger partial charge in [0.2, 0.25) is 0 Å². The third kappa shape index (κ3) is 2.77. The number of nitrogens with zero attached hydrogens (tertiary/aromatic N) is 1. The monoisotopic (exact) mass is 302 g/mol. The van der Waals surface area contributed by atoms with E-state index in [-0.39, 0.29) is 12.1 Å². The molecule has 2 aliphatic rings. The molecule has 0 fully saturated rings. The Balaban J connectivity index is 2.41. The first kappa shape index (κ1) is 15.5. The molecule has 7 heteroatoms. The molecule has 0 amide bonds. The molecule has 1 heterocycles. The molecular formula is C14H17F3N2O2. The second-order valence-corrected chi connectivity index (χ2v) is 5.04. The molecule has 0 spiro atoms. The van der Waals surface area contributed by atoms with E-state index in [0.717, 1.165) is 6.08 Å². The average Bonchev–Trinajstić information content (AvgIpc) is 2.74. The van der Waals surface area contributed by atoms with E-state index in [1.807, 2.05) is 0 Å². The Morgan fingerprint density at radius 2 is 2.19 bits per heavy atom. The van der Waals surface area contributed by atoms with Crippen molar-refractivity contribution >= 4 is 5.97 Å². The highest BCUT2D eigenvalue weighted by molar-refractivity contribution is 5.87. The Labute approximate surface area is 120 Å². The maximum atomic E-state index is 13.2. The van der Waals surface area contributed by atoms with E-state index in [1.165, 1.54) is 11.0 Å². The van der Waals surface area contributed by atoms with Crippen LogP contribution in [0.25, 0.3) is 0 Å². The van der Waals surface area contributed by atoms with E-state index in [9.17, 15) is 18.0 Å². The molecule has 2 atom stereocenters. The van der Waals surface area contributed by atoms with Gasteiger partial charge >= 0.3 is 12.1 Å². The van der Waals surface area contributed by atoms with Crippen molar-refractivity contribution in [3.05, 3.63) is 35.2 Å². The molecule has 1 aliphatic heterocycles. The predicted octanol–water partition coefficient (Wildman–Crippen LogP) is 2.76. The van der Waals surface area contributed by atoms with E-state index < -0.39 is 29.9 Å². The zero-order valence-corrected chi connectivity index (χ0v) is 11.7. The van der Waals surface area contributed by atoms with Gasteiger partial charge in [-0.15, -0.1) is 0 Å². The Kier molecular flexibility index (Phi) is 4.02. The van der Waals surface area contributed by atoms with Gasteiger partial charge in [-0.25, -0.2) is 4.79 Å². The Morgan fingerprint density at radius 1 is 1.52 bits per heavy atom. The largest absolute Gasteiger partial charge is 0.477 e. The van der Waals surface area contributed by atoms with Gasteiger partial charge in [0.05, 0.1) is 17.8 Å². The van der Waals surface area contributed by atoms with E-state index in [2.05, 4.69) is 5.32 Å². The number of carboxylic acid groups (broad SMARTS) is 1. The van der Waals surface area contributed by atoms with Crippen molar-refractivity contribution in [3.63, 3.8) is 0 Å². The lowest BCUT2D eigenvalue weighted by molar-refractivity contribution is -0.133. The molecule has 21 heavy (non-hydrogen) atoms. The molecule has 0 saturated carbocycles. The van der Waals surface area contributed by atoms with Gasteiger partial charge in [0, 0.05) is 5.70 Å². The summed E-state index contributed by atoms with van der Waals surface area (Å²) >= 11 is 0. The van der Waals surface area contributed by atoms with Gasteiger partial charge in [0.1, 0.15) is 5.70 Å². The fraction of sp³-hybridized carbons (Fsp3) is 0.500. The standard InChI is InChI=1S/C14H17F3N2O2/c1-3-11-18-12(13(20)21)8(2)19(11)10-7-5-4-6-9(10)14(15,16)17/h4-6,10-11,18H,3,7H2,1-2H3,(H,20,21). The molecule has 0 bridgehead atoms. The van der Waals surface area contributed by atoms with E-state index in [4.69, 9.17) is 5.11 Å². The molecule has 2 N–H and O–H groups in total. The lowest BCUT2D eigenvalue weighted by Crippen LogP contribution is -2.46. The highest BCUT2D eigenvalue weighted by Gasteiger charge is 2.45. The summed E-state index contributed by atoms with van der Waals surface area (Å²) in [4.78, 5) is 12.7. The average molecular weight is 302 g/mol. The maximum Gasteiger partial charge on any atom is 0.414 e. The van der Waals surface area contributed by atoms with Crippen LogP contribution in [0.3, 0.4) is 0 Å². The number of carbonyl (C=O) groups is 1. The number of halogens is 3. The number of alkyl halides is 3. The number of hydrogen-bond acceptors (Lipinski definition) is 3. The van der Waals surface area contributed by atoms with Crippen molar-refractivity contribution in [3.8, 4) is 0 Å². The molecule has 116 valence electrons. The number of rotatable bonds is 3. The summed E-state index contributed by atoms with van der Waals surface area (Å²) in [6, 6.07) is -0.899. The van der Waals surface area contributed by atoms with Crippen molar-refractivity contribution in [1.82, 2.24) is 10.2 Å². The van der Waals surface area contributed by atoms with E-state index in [1.54, 1.807) is 19.9 Å². The first-order chi connectivity index (χ1) is 9.77. The van der Waals surface area contributed by atoms with Gasteiger partial charge in [-0.1, -0.05) is 25.2 Å². The van der Waals surface area contributed by atoms with Crippen LogP contribution in [-0.4, -0.2) is 34.4 Å². The molecule has 0 aromatic carbocycles.